The van der Waals surface area contributed by atoms with Crippen molar-refractivity contribution in [2.24, 2.45) is 5.73 Å². The lowest BCUT2D eigenvalue weighted by Crippen LogP contribution is -2.35. The average Bonchev–Trinajstić information content (AvgIpc) is 3.22. The minimum atomic E-state index is -0.257. The van der Waals surface area contributed by atoms with Crippen molar-refractivity contribution in [3.05, 3.63) is 36.2 Å². The van der Waals surface area contributed by atoms with E-state index in [-0.39, 0.29) is 48.9 Å². The smallest absolute Gasteiger partial charge is 0.277 e. The summed E-state index contributed by atoms with van der Waals surface area (Å²) in [6, 6.07) is 8.07. The summed E-state index contributed by atoms with van der Waals surface area (Å²) in [7, 11) is 2.14. The van der Waals surface area contributed by atoms with Crippen LogP contribution in [0.2, 0.25) is 0 Å². The number of amides is 1. The van der Waals surface area contributed by atoms with Crippen molar-refractivity contribution < 1.29 is 9.53 Å². The number of ether oxygens (including phenoxy) is 1. The average molecular weight is 471 g/mol. The molecule has 1 aromatic carbocycles. The predicted octanol–water partition coefficient (Wildman–Crippen LogP) is 3.29. The first-order valence-corrected chi connectivity index (χ1v) is 10.5. The van der Waals surface area contributed by atoms with Gasteiger partial charge in [-0.25, -0.2) is 4.68 Å². The highest BCUT2D eigenvalue weighted by Crippen LogP contribution is 2.27. The highest BCUT2D eigenvalue weighted by molar-refractivity contribution is 6.02. The maximum Gasteiger partial charge on any atom is 0.277 e. The van der Waals surface area contributed by atoms with Gasteiger partial charge in [-0.3, -0.25) is 4.79 Å². The number of rotatable bonds is 5. The van der Waals surface area contributed by atoms with Crippen molar-refractivity contribution in [1.29, 1.82) is 0 Å². The molecule has 0 bridgehead atoms. The van der Waals surface area contributed by atoms with Crippen LogP contribution in [0.15, 0.2) is 30.5 Å². The van der Waals surface area contributed by atoms with E-state index in [1.54, 1.807) is 10.9 Å². The van der Waals surface area contributed by atoms with Crippen molar-refractivity contribution in [2.75, 3.05) is 25.5 Å². The lowest BCUT2D eigenvalue weighted by molar-refractivity contribution is 0.102. The third-order valence-electron chi connectivity index (χ3n) is 5.94. The Bertz CT molecular complexity index is 816. The normalized spacial score (nSPS) is 22.1. The summed E-state index contributed by atoms with van der Waals surface area (Å²) in [5.74, 6) is 0.576. The van der Waals surface area contributed by atoms with E-state index >= 15 is 0 Å². The largest absolute Gasteiger partial charge is 0.490 e. The highest BCUT2D eigenvalue weighted by Gasteiger charge is 2.22. The van der Waals surface area contributed by atoms with E-state index in [4.69, 9.17) is 10.5 Å². The molecule has 0 radical (unpaired) electrons. The first-order valence-electron chi connectivity index (χ1n) is 10.5. The van der Waals surface area contributed by atoms with E-state index in [9.17, 15) is 4.79 Å². The van der Waals surface area contributed by atoms with Gasteiger partial charge >= 0.3 is 0 Å². The van der Waals surface area contributed by atoms with Gasteiger partial charge in [0.15, 0.2) is 5.69 Å². The number of nitrogens with one attached hydrogen (secondary N) is 1. The Labute approximate surface area is 195 Å². The van der Waals surface area contributed by atoms with Crippen LogP contribution in [0.4, 0.5) is 5.69 Å². The molecule has 0 unspecified atom stereocenters. The molecule has 172 valence electrons. The predicted molar refractivity (Wildman–Crippen MR) is 126 cm³/mol. The fourth-order valence-electron chi connectivity index (χ4n) is 4.03. The monoisotopic (exact) mass is 470 g/mol. The molecule has 8 nitrogen and oxygen atoms in total. The van der Waals surface area contributed by atoms with Gasteiger partial charge in [-0.1, -0.05) is 5.21 Å². The quantitative estimate of drug-likeness (QED) is 0.695. The van der Waals surface area contributed by atoms with Crippen molar-refractivity contribution in [2.45, 2.75) is 56.7 Å². The summed E-state index contributed by atoms with van der Waals surface area (Å²) >= 11 is 0. The summed E-state index contributed by atoms with van der Waals surface area (Å²) in [6.07, 6.45) is 7.99. The number of anilines is 1. The number of hydrogen-bond acceptors (Lipinski definition) is 6. The minimum absolute atomic E-state index is 0. The SMILES string of the molecule is CN1CCC(Oc2ccc(NC(=O)c3cn(C4CCC(N)CC4)nn3)cc2)CC1.Cl.Cl. The van der Waals surface area contributed by atoms with Gasteiger partial charge in [0.05, 0.1) is 12.2 Å². The van der Waals surface area contributed by atoms with Gasteiger partial charge in [0, 0.05) is 24.8 Å². The van der Waals surface area contributed by atoms with Gasteiger partial charge in [0.25, 0.3) is 5.91 Å². The molecule has 1 aliphatic carbocycles. The third kappa shape index (κ3) is 6.80. The molecule has 2 fully saturated rings. The zero-order valence-electron chi connectivity index (χ0n) is 17.8. The summed E-state index contributed by atoms with van der Waals surface area (Å²) in [5.41, 5.74) is 7.00. The van der Waals surface area contributed by atoms with Crippen LogP contribution in [-0.2, 0) is 0 Å². The summed E-state index contributed by atoms with van der Waals surface area (Å²) in [5, 5.41) is 11.1. The second-order valence-electron chi connectivity index (χ2n) is 8.25. The Morgan fingerprint density at radius 3 is 2.35 bits per heavy atom. The van der Waals surface area contributed by atoms with E-state index < -0.39 is 0 Å². The number of aromatic nitrogens is 3. The van der Waals surface area contributed by atoms with Gasteiger partial charge in [0.2, 0.25) is 0 Å². The number of piperidine rings is 1. The van der Waals surface area contributed by atoms with E-state index in [1.165, 1.54) is 0 Å². The van der Waals surface area contributed by atoms with Crippen LogP contribution in [0, 0.1) is 0 Å². The summed E-state index contributed by atoms with van der Waals surface area (Å²) in [4.78, 5) is 14.8. The van der Waals surface area contributed by atoms with Crippen LogP contribution in [0.1, 0.15) is 55.1 Å². The Balaban J connectivity index is 0.00000171. The summed E-state index contributed by atoms with van der Waals surface area (Å²) < 4.78 is 7.86. The Morgan fingerprint density at radius 2 is 1.71 bits per heavy atom. The minimum Gasteiger partial charge on any atom is -0.490 e. The fraction of sp³-hybridized carbons (Fsp3) is 0.571. The molecular formula is C21H32Cl2N6O2. The van der Waals surface area contributed by atoms with Gasteiger partial charge in [-0.2, -0.15) is 0 Å². The fourth-order valence-corrected chi connectivity index (χ4v) is 4.03. The molecule has 2 heterocycles. The molecule has 4 rings (SSSR count). The van der Waals surface area contributed by atoms with Crippen molar-refractivity contribution in [1.82, 2.24) is 19.9 Å². The van der Waals surface area contributed by atoms with Crippen LogP contribution in [0.25, 0.3) is 0 Å². The van der Waals surface area contributed by atoms with Crippen molar-refractivity contribution in [3.8, 4) is 5.75 Å². The molecule has 1 aromatic heterocycles. The first kappa shape index (κ1) is 25.4. The number of benzene rings is 1. The number of halogens is 2. The molecule has 1 saturated carbocycles. The number of likely N-dealkylation sites (tertiary alicyclic amines) is 1. The van der Waals surface area contributed by atoms with Gasteiger partial charge in [-0.05, 0) is 69.8 Å². The Kier molecular flexibility index (Phi) is 9.55. The molecule has 1 amide bonds. The number of nitrogens with zero attached hydrogens (tertiary/aromatic N) is 4. The van der Waals surface area contributed by atoms with Crippen LogP contribution >= 0.6 is 24.8 Å². The zero-order valence-corrected chi connectivity index (χ0v) is 19.4. The van der Waals surface area contributed by atoms with Crippen molar-refractivity contribution >= 4 is 36.4 Å². The molecule has 2 aliphatic rings. The van der Waals surface area contributed by atoms with Crippen molar-refractivity contribution in [3.63, 3.8) is 0 Å². The Morgan fingerprint density at radius 1 is 1.06 bits per heavy atom. The maximum atomic E-state index is 12.5. The van der Waals surface area contributed by atoms with Crippen LogP contribution in [-0.4, -0.2) is 58.1 Å². The van der Waals surface area contributed by atoms with Crippen LogP contribution in [0.3, 0.4) is 0 Å². The van der Waals surface area contributed by atoms with Crippen LogP contribution in [0.5, 0.6) is 5.75 Å². The molecular weight excluding hydrogens is 439 g/mol. The molecule has 0 spiro atoms. The molecule has 1 saturated heterocycles. The summed E-state index contributed by atoms with van der Waals surface area (Å²) in [6.45, 7) is 2.13. The number of carbonyl (C=O) groups excluding carboxylic acids is 1. The van der Waals surface area contributed by atoms with Crippen LogP contribution < -0.4 is 15.8 Å². The second-order valence-corrected chi connectivity index (χ2v) is 8.25. The third-order valence-corrected chi connectivity index (χ3v) is 5.94. The van der Waals surface area contributed by atoms with Gasteiger partial charge in [0.1, 0.15) is 11.9 Å². The molecule has 31 heavy (non-hydrogen) atoms. The van der Waals surface area contributed by atoms with E-state index in [1.807, 2.05) is 24.3 Å². The van der Waals surface area contributed by atoms with E-state index in [0.717, 1.165) is 57.4 Å². The van der Waals surface area contributed by atoms with Gasteiger partial charge < -0.3 is 20.7 Å². The molecule has 0 atom stereocenters. The first-order chi connectivity index (χ1) is 14.1. The highest BCUT2D eigenvalue weighted by atomic mass is 35.5. The maximum absolute atomic E-state index is 12.5. The lowest BCUT2D eigenvalue weighted by atomic mass is 9.92. The van der Waals surface area contributed by atoms with E-state index in [0.29, 0.717) is 11.4 Å². The molecule has 10 heteroatoms. The number of hydrogen-bond donors (Lipinski definition) is 2. The van der Waals surface area contributed by atoms with Gasteiger partial charge in [-0.15, -0.1) is 29.9 Å². The lowest BCUT2D eigenvalue weighted by Gasteiger charge is -2.29. The molecule has 3 N–H and O–H groups in total. The standard InChI is InChI=1S/C21H30N6O2.2ClH/c1-26-12-10-19(11-13-26)29-18-8-4-16(5-9-18)23-21(28)20-14-27(25-24-20)17-6-2-15(22)3-7-17;;/h4-5,8-9,14-15,17,19H,2-3,6-7,10-13,22H2,1H3,(H,23,28);2*1H. The Hall–Kier alpha value is -1.87. The zero-order chi connectivity index (χ0) is 20.2. The number of nitrogens with two attached hydrogens (primary N) is 1. The molecule has 1 aliphatic heterocycles. The van der Waals surface area contributed by atoms with E-state index in [2.05, 4.69) is 27.6 Å². The second kappa shape index (κ2) is 11.7. The number of carbonyl (C=O) groups is 1. The topological polar surface area (TPSA) is 98.3 Å². The molecule has 2 aromatic rings.